The van der Waals surface area contributed by atoms with E-state index in [1.807, 2.05) is 6.07 Å². The lowest BCUT2D eigenvalue weighted by Gasteiger charge is -2.15. The van der Waals surface area contributed by atoms with Gasteiger partial charge in [-0.1, -0.05) is 18.2 Å². The van der Waals surface area contributed by atoms with Crippen molar-refractivity contribution in [1.29, 1.82) is 0 Å². The summed E-state index contributed by atoms with van der Waals surface area (Å²) in [6.07, 6.45) is -4.55. The Bertz CT molecular complexity index is 735. The van der Waals surface area contributed by atoms with Gasteiger partial charge in [0.1, 0.15) is 18.1 Å². The molecule has 0 radical (unpaired) electrons. The smallest absolute Gasteiger partial charge is 0.416 e. The van der Waals surface area contributed by atoms with Crippen LogP contribution in [-0.4, -0.2) is 32.8 Å². The second-order valence-corrected chi connectivity index (χ2v) is 5.51. The van der Waals surface area contributed by atoms with Crippen molar-refractivity contribution in [2.75, 3.05) is 32.2 Å². The van der Waals surface area contributed by atoms with Crippen LogP contribution in [0.3, 0.4) is 0 Å². The number of hydrogen-bond acceptors (Lipinski definition) is 4. The summed E-state index contributed by atoms with van der Waals surface area (Å²) in [7, 11) is 1.48. The summed E-state index contributed by atoms with van der Waals surface area (Å²) in [5.41, 5.74) is -0.928. The van der Waals surface area contributed by atoms with Crippen LogP contribution >= 0.6 is 0 Å². The molecule has 0 fully saturated rings. The standard InChI is InChI=1S/C19H20F3NO4/c1-25-11-12-27-17-8-7-14(19(20,21)22)13-16(17)23-18(24)9-10-26-15-5-3-2-4-6-15/h2-8,13H,9-12H2,1H3,(H,23,24). The van der Waals surface area contributed by atoms with Crippen LogP contribution in [0.25, 0.3) is 0 Å². The van der Waals surface area contributed by atoms with E-state index in [2.05, 4.69) is 5.32 Å². The lowest BCUT2D eigenvalue weighted by Crippen LogP contribution is -2.17. The maximum absolute atomic E-state index is 12.9. The number of rotatable bonds is 9. The van der Waals surface area contributed by atoms with Gasteiger partial charge in [0.2, 0.25) is 5.91 Å². The Balaban J connectivity index is 2.01. The summed E-state index contributed by atoms with van der Waals surface area (Å²) >= 11 is 0. The first-order valence-corrected chi connectivity index (χ1v) is 8.21. The van der Waals surface area contributed by atoms with Gasteiger partial charge in [-0.05, 0) is 30.3 Å². The zero-order valence-corrected chi connectivity index (χ0v) is 14.7. The average molecular weight is 383 g/mol. The number of nitrogens with one attached hydrogen (secondary N) is 1. The van der Waals surface area contributed by atoms with E-state index in [9.17, 15) is 18.0 Å². The summed E-state index contributed by atoms with van der Waals surface area (Å²) < 4.78 is 54.5. The predicted octanol–water partition coefficient (Wildman–Crippen LogP) is 4.14. The van der Waals surface area contributed by atoms with Crippen molar-refractivity contribution in [3.63, 3.8) is 0 Å². The summed E-state index contributed by atoms with van der Waals surface area (Å²) in [4.78, 5) is 12.1. The Morgan fingerprint density at radius 2 is 1.74 bits per heavy atom. The molecule has 5 nitrogen and oxygen atoms in total. The maximum Gasteiger partial charge on any atom is 0.416 e. The number of methoxy groups -OCH3 is 1. The molecule has 146 valence electrons. The van der Waals surface area contributed by atoms with Gasteiger partial charge in [0.05, 0.1) is 30.9 Å². The summed E-state index contributed by atoms with van der Waals surface area (Å²) in [5, 5.41) is 2.45. The molecule has 0 aliphatic carbocycles. The molecule has 0 saturated heterocycles. The van der Waals surface area contributed by atoms with E-state index in [0.717, 1.165) is 12.1 Å². The van der Waals surface area contributed by atoms with Gasteiger partial charge >= 0.3 is 6.18 Å². The van der Waals surface area contributed by atoms with Gasteiger partial charge in [-0.3, -0.25) is 4.79 Å². The Labute approximate surface area is 155 Å². The first kappa shape index (κ1) is 20.6. The highest BCUT2D eigenvalue weighted by molar-refractivity contribution is 5.92. The van der Waals surface area contributed by atoms with E-state index >= 15 is 0 Å². The molecule has 0 aliphatic heterocycles. The number of benzene rings is 2. The van der Waals surface area contributed by atoms with Gasteiger partial charge in [0, 0.05) is 7.11 Å². The van der Waals surface area contributed by atoms with Crippen molar-refractivity contribution in [2.24, 2.45) is 0 Å². The Morgan fingerprint density at radius 3 is 2.41 bits per heavy atom. The first-order chi connectivity index (χ1) is 12.9. The van der Waals surface area contributed by atoms with Crippen molar-refractivity contribution in [3.8, 4) is 11.5 Å². The lowest BCUT2D eigenvalue weighted by atomic mass is 10.1. The first-order valence-electron chi connectivity index (χ1n) is 8.21. The molecule has 0 unspecified atom stereocenters. The van der Waals surface area contributed by atoms with Crippen molar-refractivity contribution < 1.29 is 32.2 Å². The molecule has 0 atom stereocenters. The third-order valence-corrected chi connectivity index (χ3v) is 3.47. The van der Waals surface area contributed by atoms with E-state index in [1.165, 1.54) is 13.2 Å². The van der Waals surface area contributed by atoms with Crippen molar-refractivity contribution in [2.45, 2.75) is 12.6 Å². The molecule has 0 heterocycles. The van der Waals surface area contributed by atoms with Gasteiger partial charge in [-0.2, -0.15) is 13.2 Å². The molecule has 8 heteroatoms. The summed E-state index contributed by atoms with van der Waals surface area (Å²) in [6, 6.07) is 11.8. The Kier molecular flexibility index (Phi) is 7.48. The second-order valence-electron chi connectivity index (χ2n) is 5.51. The van der Waals surface area contributed by atoms with Crippen LogP contribution in [0.2, 0.25) is 0 Å². The highest BCUT2D eigenvalue weighted by Crippen LogP contribution is 2.35. The van der Waals surface area contributed by atoms with E-state index in [0.29, 0.717) is 5.75 Å². The minimum Gasteiger partial charge on any atom is -0.493 e. The van der Waals surface area contributed by atoms with Gasteiger partial charge < -0.3 is 19.5 Å². The molecular weight excluding hydrogens is 363 g/mol. The molecular formula is C19H20F3NO4. The number of para-hydroxylation sites is 1. The number of carbonyl (C=O) groups excluding carboxylic acids is 1. The maximum atomic E-state index is 12.9. The quantitative estimate of drug-likeness (QED) is 0.662. The molecule has 0 aliphatic rings. The van der Waals surface area contributed by atoms with Gasteiger partial charge in [0.15, 0.2) is 0 Å². The van der Waals surface area contributed by atoms with E-state index in [4.69, 9.17) is 14.2 Å². The molecule has 27 heavy (non-hydrogen) atoms. The van der Waals surface area contributed by atoms with Crippen molar-refractivity contribution in [3.05, 3.63) is 54.1 Å². The van der Waals surface area contributed by atoms with Crippen molar-refractivity contribution >= 4 is 11.6 Å². The van der Waals surface area contributed by atoms with Gasteiger partial charge in [-0.15, -0.1) is 0 Å². The highest BCUT2D eigenvalue weighted by atomic mass is 19.4. The molecule has 2 rings (SSSR count). The fourth-order valence-electron chi connectivity index (χ4n) is 2.16. The normalized spacial score (nSPS) is 11.1. The third-order valence-electron chi connectivity index (χ3n) is 3.47. The number of halogens is 3. The molecule has 2 aromatic rings. The lowest BCUT2D eigenvalue weighted by molar-refractivity contribution is -0.137. The fourth-order valence-corrected chi connectivity index (χ4v) is 2.16. The van der Waals surface area contributed by atoms with Crippen LogP contribution in [-0.2, 0) is 15.7 Å². The number of ether oxygens (including phenoxy) is 3. The predicted molar refractivity (Wildman–Crippen MR) is 94.0 cm³/mol. The molecule has 2 aromatic carbocycles. The van der Waals surface area contributed by atoms with Gasteiger partial charge in [0.25, 0.3) is 0 Å². The Morgan fingerprint density at radius 1 is 1.00 bits per heavy atom. The molecule has 1 amide bonds. The number of alkyl halides is 3. The molecule has 0 spiro atoms. The van der Waals surface area contributed by atoms with Gasteiger partial charge in [-0.25, -0.2) is 0 Å². The zero-order chi connectivity index (χ0) is 19.7. The fraction of sp³-hybridized carbons (Fsp3) is 0.316. The van der Waals surface area contributed by atoms with Crippen LogP contribution in [0.1, 0.15) is 12.0 Å². The van der Waals surface area contributed by atoms with Crippen LogP contribution in [0.5, 0.6) is 11.5 Å². The molecule has 0 saturated carbocycles. The monoisotopic (exact) mass is 383 g/mol. The third kappa shape index (κ3) is 6.82. The average Bonchev–Trinajstić information content (AvgIpc) is 2.63. The summed E-state index contributed by atoms with van der Waals surface area (Å²) in [6.45, 7) is 0.496. The van der Waals surface area contributed by atoms with E-state index < -0.39 is 17.6 Å². The van der Waals surface area contributed by atoms with Crippen molar-refractivity contribution in [1.82, 2.24) is 0 Å². The molecule has 0 aromatic heterocycles. The molecule has 1 N–H and O–H groups in total. The largest absolute Gasteiger partial charge is 0.493 e. The van der Waals surface area contributed by atoms with Crippen LogP contribution < -0.4 is 14.8 Å². The number of hydrogen-bond donors (Lipinski definition) is 1. The molecule has 0 bridgehead atoms. The SMILES string of the molecule is COCCOc1ccc(C(F)(F)F)cc1NC(=O)CCOc1ccccc1. The Hall–Kier alpha value is -2.74. The number of carbonyl (C=O) groups is 1. The van der Waals surface area contributed by atoms with Crippen LogP contribution in [0, 0.1) is 0 Å². The van der Waals surface area contributed by atoms with E-state index in [-0.39, 0.29) is 37.7 Å². The van der Waals surface area contributed by atoms with Crippen LogP contribution in [0.4, 0.5) is 18.9 Å². The van der Waals surface area contributed by atoms with Crippen LogP contribution in [0.15, 0.2) is 48.5 Å². The minimum absolute atomic E-state index is 0.0251. The highest BCUT2D eigenvalue weighted by Gasteiger charge is 2.31. The number of anilines is 1. The summed E-state index contributed by atoms with van der Waals surface area (Å²) in [5.74, 6) is 0.257. The minimum atomic E-state index is -4.53. The number of amides is 1. The second kappa shape index (κ2) is 9.82. The van der Waals surface area contributed by atoms with E-state index in [1.54, 1.807) is 24.3 Å². The topological polar surface area (TPSA) is 56.8 Å². The zero-order valence-electron chi connectivity index (χ0n) is 14.7.